The molecule has 0 spiro atoms. The summed E-state index contributed by atoms with van der Waals surface area (Å²) >= 11 is 0. The normalized spacial score (nSPS) is 21.8. The van der Waals surface area contributed by atoms with E-state index < -0.39 is 11.7 Å². The minimum Gasteiger partial charge on any atom is -0.497 e. The molecule has 1 aliphatic rings. The first-order chi connectivity index (χ1) is 9.65. The van der Waals surface area contributed by atoms with E-state index in [1.165, 1.54) is 19.2 Å². The molecule has 0 aromatic heterocycles. The van der Waals surface area contributed by atoms with E-state index in [0.29, 0.717) is 12.3 Å². The van der Waals surface area contributed by atoms with Gasteiger partial charge in [0.15, 0.2) is 0 Å². The molecular formula is C15H20FNO3. The van der Waals surface area contributed by atoms with Crippen LogP contribution in [0, 0.1) is 17.7 Å². The number of nitrogens with one attached hydrogen (secondary N) is 1. The Balaban J connectivity index is 1.95. The maximum atomic E-state index is 13.8. The zero-order valence-corrected chi connectivity index (χ0v) is 11.6. The molecular weight excluding hydrogens is 261 g/mol. The smallest absolute Gasteiger partial charge is 0.254 e. The number of hydrogen-bond acceptors (Lipinski definition) is 3. The largest absolute Gasteiger partial charge is 0.497 e. The van der Waals surface area contributed by atoms with Crippen LogP contribution in [0.25, 0.3) is 0 Å². The Hall–Kier alpha value is -1.62. The Morgan fingerprint density at radius 3 is 2.85 bits per heavy atom. The van der Waals surface area contributed by atoms with Gasteiger partial charge in [0, 0.05) is 19.2 Å². The second-order valence-electron chi connectivity index (χ2n) is 5.19. The third-order valence-corrected chi connectivity index (χ3v) is 4.00. The fourth-order valence-corrected chi connectivity index (χ4v) is 2.75. The van der Waals surface area contributed by atoms with Gasteiger partial charge in [0.05, 0.1) is 12.7 Å². The molecule has 2 N–H and O–H groups in total. The highest BCUT2D eigenvalue weighted by atomic mass is 19.1. The first kappa shape index (κ1) is 14.8. The number of carbonyl (C=O) groups excluding carboxylic acids is 1. The van der Waals surface area contributed by atoms with Crippen molar-refractivity contribution < 1.29 is 19.0 Å². The number of aliphatic hydroxyl groups excluding tert-OH is 1. The number of carbonyl (C=O) groups is 1. The van der Waals surface area contributed by atoms with Crippen LogP contribution in [0.5, 0.6) is 5.75 Å². The molecule has 2 atom stereocenters. The zero-order valence-electron chi connectivity index (χ0n) is 11.6. The number of methoxy groups -OCH3 is 1. The highest BCUT2D eigenvalue weighted by Gasteiger charge is 2.27. The van der Waals surface area contributed by atoms with Crippen molar-refractivity contribution in [3.05, 3.63) is 29.6 Å². The summed E-state index contributed by atoms with van der Waals surface area (Å²) in [6, 6.07) is 4.17. The van der Waals surface area contributed by atoms with Crippen molar-refractivity contribution in [1.29, 1.82) is 0 Å². The molecule has 0 saturated heterocycles. The predicted molar refractivity (Wildman–Crippen MR) is 73.2 cm³/mol. The first-order valence-corrected chi connectivity index (χ1v) is 6.88. The minimum atomic E-state index is -0.591. The van der Waals surface area contributed by atoms with Gasteiger partial charge in [-0.15, -0.1) is 0 Å². The van der Waals surface area contributed by atoms with Gasteiger partial charge in [0.2, 0.25) is 0 Å². The molecule has 2 rings (SSSR count). The lowest BCUT2D eigenvalue weighted by atomic mass is 9.97. The van der Waals surface area contributed by atoms with Crippen LogP contribution in [0.4, 0.5) is 4.39 Å². The number of halogens is 1. The van der Waals surface area contributed by atoms with Crippen molar-refractivity contribution in [3.8, 4) is 5.75 Å². The van der Waals surface area contributed by atoms with Gasteiger partial charge in [-0.2, -0.15) is 0 Å². The molecule has 1 aliphatic carbocycles. The molecule has 1 amide bonds. The quantitative estimate of drug-likeness (QED) is 0.867. The Kier molecular flexibility index (Phi) is 4.95. The number of ether oxygens (including phenoxy) is 1. The average molecular weight is 281 g/mol. The van der Waals surface area contributed by atoms with E-state index >= 15 is 0 Å². The topological polar surface area (TPSA) is 58.6 Å². The molecule has 20 heavy (non-hydrogen) atoms. The fourth-order valence-electron chi connectivity index (χ4n) is 2.75. The van der Waals surface area contributed by atoms with Crippen molar-refractivity contribution in [2.24, 2.45) is 11.8 Å². The van der Waals surface area contributed by atoms with Crippen LogP contribution < -0.4 is 10.1 Å². The number of rotatable bonds is 5. The Morgan fingerprint density at radius 1 is 1.45 bits per heavy atom. The molecule has 0 bridgehead atoms. The van der Waals surface area contributed by atoms with Crippen LogP contribution in [-0.2, 0) is 0 Å². The number of amides is 1. The first-order valence-electron chi connectivity index (χ1n) is 6.88. The van der Waals surface area contributed by atoms with Crippen molar-refractivity contribution in [2.45, 2.75) is 19.3 Å². The molecule has 0 aliphatic heterocycles. The Bertz CT molecular complexity index is 478. The highest BCUT2D eigenvalue weighted by molar-refractivity contribution is 5.94. The molecule has 1 aromatic carbocycles. The summed E-state index contributed by atoms with van der Waals surface area (Å²) in [5, 5.41) is 12.0. The van der Waals surface area contributed by atoms with Gasteiger partial charge < -0.3 is 15.2 Å². The van der Waals surface area contributed by atoms with Crippen LogP contribution in [0.3, 0.4) is 0 Å². The molecule has 0 radical (unpaired) electrons. The van der Waals surface area contributed by atoms with Crippen molar-refractivity contribution in [2.75, 3.05) is 20.3 Å². The van der Waals surface area contributed by atoms with Gasteiger partial charge in [-0.3, -0.25) is 4.79 Å². The van der Waals surface area contributed by atoms with E-state index in [9.17, 15) is 14.3 Å². The molecule has 0 heterocycles. The summed E-state index contributed by atoms with van der Waals surface area (Å²) in [6.07, 6.45) is 3.06. The van der Waals surface area contributed by atoms with Crippen LogP contribution in [0.1, 0.15) is 29.6 Å². The number of hydrogen-bond donors (Lipinski definition) is 2. The molecule has 110 valence electrons. The lowest BCUT2D eigenvalue weighted by Gasteiger charge is -2.17. The van der Waals surface area contributed by atoms with E-state index in [1.807, 2.05) is 0 Å². The maximum absolute atomic E-state index is 13.8. The van der Waals surface area contributed by atoms with E-state index in [0.717, 1.165) is 19.3 Å². The van der Waals surface area contributed by atoms with E-state index in [2.05, 4.69) is 5.32 Å². The van der Waals surface area contributed by atoms with Gasteiger partial charge in [0.25, 0.3) is 5.91 Å². The Morgan fingerprint density at radius 2 is 2.20 bits per heavy atom. The second-order valence-corrected chi connectivity index (χ2v) is 5.19. The molecule has 5 heteroatoms. The monoisotopic (exact) mass is 281 g/mol. The number of benzene rings is 1. The fraction of sp³-hybridized carbons (Fsp3) is 0.533. The van der Waals surface area contributed by atoms with E-state index in [4.69, 9.17) is 4.74 Å². The minimum absolute atomic E-state index is 0.0179. The summed E-state index contributed by atoms with van der Waals surface area (Å²) in [5.74, 6) is -0.0998. The van der Waals surface area contributed by atoms with E-state index in [1.54, 1.807) is 6.07 Å². The van der Waals surface area contributed by atoms with Gasteiger partial charge in [-0.25, -0.2) is 4.39 Å². The average Bonchev–Trinajstić information content (AvgIpc) is 2.92. The molecule has 1 aromatic rings. The summed E-state index contributed by atoms with van der Waals surface area (Å²) in [7, 11) is 1.45. The predicted octanol–water partition coefficient (Wildman–Crippen LogP) is 1.97. The van der Waals surface area contributed by atoms with Gasteiger partial charge >= 0.3 is 0 Å². The summed E-state index contributed by atoms with van der Waals surface area (Å²) < 4.78 is 18.7. The standard InChI is InChI=1S/C15H20FNO3/c1-20-12-5-6-13(14(16)7-12)15(19)17-8-10-3-2-4-11(10)9-18/h5-7,10-11,18H,2-4,8-9H2,1H3,(H,17,19). The lowest BCUT2D eigenvalue weighted by molar-refractivity contribution is 0.0933. The van der Waals surface area contributed by atoms with Gasteiger partial charge in [-0.05, 0) is 36.8 Å². The number of aliphatic hydroxyl groups is 1. The second kappa shape index (κ2) is 6.70. The van der Waals surface area contributed by atoms with Gasteiger partial charge in [0.1, 0.15) is 11.6 Å². The summed E-state index contributed by atoms with van der Waals surface area (Å²) in [4.78, 5) is 12.0. The van der Waals surface area contributed by atoms with Crippen molar-refractivity contribution in [3.63, 3.8) is 0 Å². The highest BCUT2D eigenvalue weighted by Crippen LogP contribution is 2.30. The van der Waals surface area contributed by atoms with Crippen molar-refractivity contribution >= 4 is 5.91 Å². The summed E-state index contributed by atoms with van der Waals surface area (Å²) in [5.41, 5.74) is 0.0179. The van der Waals surface area contributed by atoms with Crippen LogP contribution in [-0.4, -0.2) is 31.3 Å². The van der Waals surface area contributed by atoms with Gasteiger partial charge in [-0.1, -0.05) is 6.42 Å². The SMILES string of the molecule is COc1ccc(C(=O)NCC2CCCC2CO)c(F)c1. The zero-order chi connectivity index (χ0) is 14.5. The van der Waals surface area contributed by atoms with E-state index in [-0.39, 0.29) is 24.0 Å². The summed E-state index contributed by atoms with van der Waals surface area (Å²) in [6.45, 7) is 0.632. The third kappa shape index (κ3) is 3.28. The van der Waals surface area contributed by atoms with Crippen molar-refractivity contribution in [1.82, 2.24) is 5.32 Å². The Labute approximate surface area is 117 Å². The molecule has 4 nitrogen and oxygen atoms in total. The lowest BCUT2D eigenvalue weighted by Crippen LogP contribution is -2.32. The van der Waals surface area contributed by atoms with Crippen LogP contribution in [0.15, 0.2) is 18.2 Å². The molecule has 1 saturated carbocycles. The molecule has 1 fully saturated rings. The molecule has 2 unspecified atom stereocenters. The van der Waals surface area contributed by atoms with Crippen LogP contribution in [0.2, 0.25) is 0 Å². The third-order valence-electron chi connectivity index (χ3n) is 4.00. The maximum Gasteiger partial charge on any atom is 0.254 e. The van der Waals surface area contributed by atoms with Crippen LogP contribution >= 0.6 is 0 Å².